The van der Waals surface area contributed by atoms with E-state index in [0.29, 0.717) is 51.9 Å². The van der Waals surface area contributed by atoms with E-state index in [2.05, 4.69) is 15.8 Å². The van der Waals surface area contributed by atoms with Crippen LogP contribution in [0.15, 0.2) is 58.0 Å². The average molecular weight is 452 g/mol. The summed E-state index contributed by atoms with van der Waals surface area (Å²) in [7, 11) is 1.54. The Morgan fingerprint density at radius 1 is 1.09 bits per heavy atom. The van der Waals surface area contributed by atoms with E-state index in [1.165, 1.54) is 0 Å². The molecule has 0 spiro atoms. The van der Waals surface area contributed by atoms with Gasteiger partial charge in [0.25, 0.3) is 11.8 Å². The molecule has 0 atom stereocenters. The third-order valence-electron chi connectivity index (χ3n) is 5.24. The molecule has 1 heterocycles. The van der Waals surface area contributed by atoms with Gasteiger partial charge >= 0.3 is 0 Å². The van der Waals surface area contributed by atoms with Gasteiger partial charge in [-0.3, -0.25) is 9.59 Å². The fraction of sp³-hybridized carbons (Fsp3) is 0.208. The summed E-state index contributed by atoms with van der Waals surface area (Å²) < 4.78 is 11.1. The number of benzene rings is 2. The summed E-state index contributed by atoms with van der Waals surface area (Å²) in [6, 6.07) is 13.7. The van der Waals surface area contributed by atoms with Gasteiger partial charge in [-0.25, -0.2) is 5.43 Å². The van der Waals surface area contributed by atoms with Crippen LogP contribution in [0.1, 0.15) is 50.6 Å². The molecule has 1 aliphatic rings. The second-order valence-corrected chi connectivity index (χ2v) is 7.84. The largest absolute Gasteiger partial charge is 0.497 e. The number of carbonyl (C=O) groups is 2. The van der Waals surface area contributed by atoms with Crippen molar-refractivity contribution in [3.05, 3.63) is 81.8 Å². The first-order chi connectivity index (χ1) is 15.5. The molecule has 1 aromatic heterocycles. The molecular formula is C24H22ClN3O4. The maximum absolute atomic E-state index is 12.8. The van der Waals surface area contributed by atoms with Crippen LogP contribution in [-0.2, 0) is 6.42 Å². The Morgan fingerprint density at radius 3 is 2.69 bits per heavy atom. The minimum Gasteiger partial charge on any atom is -0.497 e. The Hall–Kier alpha value is -3.58. The number of amides is 2. The number of aryl methyl sites for hydroxylation is 1. The predicted molar refractivity (Wildman–Crippen MR) is 123 cm³/mol. The molecule has 2 aromatic carbocycles. The lowest BCUT2D eigenvalue weighted by atomic mass is 9.93. The van der Waals surface area contributed by atoms with Crippen LogP contribution in [0.3, 0.4) is 0 Å². The number of ether oxygens (including phenoxy) is 1. The molecule has 3 aromatic rings. The number of nitrogens with zero attached hydrogens (tertiary/aromatic N) is 1. The van der Waals surface area contributed by atoms with Crippen LogP contribution in [0, 0.1) is 6.92 Å². The van der Waals surface area contributed by atoms with Gasteiger partial charge in [0.2, 0.25) is 0 Å². The summed E-state index contributed by atoms with van der Waals surface area (Å²) in [5.74, 6) is 0.803. The first kappa shape index (κ1) is 21.6. The summed E-state index contributed by atoms with van der Waals surface area (Å²) in [5, 5.41) is 7.69. The monoisotopic (exact) mass is 451 g/mol. The number of hydrogen-bond donors (Lipinski definition) is 2. The molecule has 2 amide bonds. The SMILES string of the molecule is COc1cccc(C(=O)N/N=C2\CCCc3oc(C(=O)Nc4cccc(Cl)c4)c(C)c32)c1. The van der Waals surface area contributed by atoms with Gasteiger partial charge in [-0.15, -0.1) is 0 Å². The quantitative estimate of drug-likeness (QED) is 0.535. The number of methoxy groups -OCH3 is 1. The van der Waals surface area contributed by atoms with Gasteiger partial charge in [0.15, 0.2) is 5.76 Å². The average Bonchev–Trinajstić information content (AvgIpc) is 3.14. The van der Waals surface area contributed by atoms with Crippen molar-refractivity contribution in [1.82, 2.24) is 5.43 Å². The van der Waals surface area contributed by atoms with E-state index in [4.69, 9.17) is 20.8 Å². The van der Waals surface area contributed by atoms with E-state index < -0.39 is 0 Å². The lowest BCUT2D eigenvalue weighted by molar-refractivity contribution is 0.0953. The molecule has 32 heavy (non-hydrogen) atoms. The minimum atomic E-state index is -0.362. The second kappa shape index (κ2) is 9.28. The van der Waals surface area contributed by atoms with E-state index in [0.717, 1.165) is 12.0 Å². The molecular weight excluding hydrogens is 430 g/mol. The topological polar surface area (TPSA) is 92.9 Å². The smallest absolute Gasteiger partial charge is 0.291 e. The van der Waals surface area contributed by atoms with Gasteiger partial charge in [-0.2, -0.15) is 5.10 Å². The maximum Gasteiger partial charge on any atom is 0.291 e. The van der Waals surface area contributed by atoms with Gasteiger partial charge in [-0.05, 0) is 56.2 Å². The van der Waals surface area contributed by atoms with Crippen molar-refractivity contribution in [3.63, 3.8) is 0 Å². The molecule has 0 bridgehead atoms. The summed E-state index contributed by atoms with van der Waals surface area (Å²) in [4.78, 5) is 25.3. The molecule has 1 aliphatic carbocycles. The van der Waals surface area contributed by atoms with Gasteiger partial charge in [0, 0.05) is 33.8 Å². The Kier molecular flexibility index (Phi) is 6.28. The highest BCUT2D eigenvalue weighted by Crippen LogP contribution is 2.30. The van der Waals surface area contributed by atoms with E-state index in [1.54, 1.807) is 55.6 Å². The zero-order chi connectivity index (χ0) is 22.7. The summed E-state index contributed by atoms with van der Waals surface area (Å²) in [6.07, 6.45) is 2.17. The minimum absolute atomic E-state index is 0.226. The Balaban J connectivity index is 1.56. The number of furan rings is 1. The van der Waals surface area contributed by atoms with Crippen LogP contribution >= 0.6 is 11.6 Å². The Bertz CT molecular complexity index is 1220. The molecule has 164 valence electrons. The number of rotatable bonds is 5. The highest BCUT2D eigenvalue weighted by atomic mass is 35.5. The Labute approximate surface area is 190 Å². The third-order valence-corrected chi connectivity index (χ3v) is 5.47. The molecule has 0 radical (unpaired) electrons. The zero-order valence-electron chi connectivity index (χ0n) is 17.7. The van der Waals surface area contributed by atoms with Crippen molar-refractivity contribution < 1.29 is 18.7 Å². The number of hydrogen-bond acceptors (Lipinski definition) is 5. The molecule has 0 saturated carbocycles. The third kappa shape index (κ3) is 4.53. The first-order valence-corrected chi connectivity index (χ1v) is 10.5. The zero-order valence-corrected chi connectivity index (χ0v) is 18.5. The van der Waals surface area contributed by atoms with Gasteiger partial charge in [0.05, 0.1) is 12.8 Å². The normalized spacial score (nSPS) is 14.0. The lowest BCUT2D eigenvalue weighted by Gasteiger charge is -2.13. The molecule has 4 rings (SSSR count). The van der Waals surface area contributed by atoms with Crippen molar-refractivity contribution >= 4 is 34.8 Å². The highest BCUT2D eigenvalue weighted by Gasteiger charge is 2.28. The molecule has 7 nitrogen and oxygen atoms in total. The van der Waals surface area contributed by atoms with Crippen LogP contribution in [0.5, 0.6) is 5.75 Å². The maximum atomic E-state index is 12.8. The van der Waals surface area contributed by atoms with Gasteiger partial charge < -0.3 is 14.5 Å². The first-order valence-electron chi connectivity index (χ1n) is 10.2. The van der Waals surface area contributed by atoms with E-state index in [-0.39, 0.29) is 17.6 Å². The summed E-state index contributed by atoms with van der Waals surface area (Å²) in [5.41, 5.74) is 5.78. The number of hydrazone groups is 1. The molecule has 2 N–H and O–H groups in total. The van der Waals surface area contributed by atoms with E-state index >= 15 is 0 Å². The van der Waals surface area contributed by atoms with Crippen molar-refractivity contribution in [3.8, 4) is 5.75 Å². The van der Waals surface area contributed by atoms with Crippen molar-refractivity contribution in [1.29, 1.82) is 0 Å². The number of halogens is 1. The highest BCUT2D eigenvalue weighted by molar-refractivity contribution is 6.31. The van der Waals surface area contributed by atoms with Crippen LogP contribution in [0.25, 0.3) is 0 Å². The molecule has 0 unspecified atom stereocenters. The van der Waals surface area contributed by atoms with Crippen LogP contribution in [-0.4, -0.2) is 24.6 Å². The van der Waals surface area contributed by atoms with Gasteiger partial charge in [-0.1, -0.05) is 23.7 Å². The molecule has 0 aliphatic heterocycles. The lowest BCUT2D eigenvalue weighted by Crippen LogP contribution is -2.22. The fourth-order valence-electron chi connectivity index (χ4n) is 3.70. The summed E-state index contributed by atoms with van der Waals surface area (Å²) in [6.45, 7) is 1.82. The number of anilines is 1. The standard InChI is InChI=1S/C24H22ClN3O4/c1-14-21-19(27-28-23(29)15-6-3-9-18(12-15)31-2)10-5-11-20(21)32-22(14)24(30)26-17-8-4-7-16(25)13-17/h3-4,6-9,12-13H,5,10-11H2,1-2H3,(H,26,30)(H,28,29)/b27-19+. The van der Waals surface area contributed by atoms with Crippen molar-refractivity contribution in [2.45, 2.75) is 26.2 Å². The number of carbonyl (C=O) groups excluding carboxylic acids is 2. The molecule has 0 fully saturated rings. The van der Waals surface area contributed by atoms with Crippen molar-refractivity contribution in [2.75, 3.05) is 12.4 Å². The van der Waals surface area contributed by atoms with Crippen LogP contribution < -0.4 is 15.5 Å². The fourth-order valence-corrected chi connectivity index (χ4v) is 3.89. The van der Waals surface area contributed by atoms with Crippen LogP contribution in [0.2, 0.25) is 5.02 Å². The Morgan fingerprint density at radius 2 is 1.91 bits per heavy atom. The number of fused-ring (bicyclic) bond motifs is 1. The number of nitrogens with one attached hydrogen (secondary N) is 2. The van der Waals surface area contributed by atoms with Crippen LogP contribution in [0.4, 0.5) is 5.69 Å². The molecule has 8 heteroatoms. The second-order valence-electron chi connectivity index (χ2n) is 7.40. The predicted octanol–water partition coefficient (Wildman–Crippen LogP) is 4.97. The summed E-state index contributed by atoms with van der Waals surface area (Å²) >= 11 is 6.00. The molecule has 0 saturated heterocycles. The van der Waals surface area contributed by atoms with Crippen molar-refractivity contribution in [2.24, 2.45) is 5.10 Å². The van der Waals surface area contributed by atoms with Gasteiger partial charge in [0.1, 0.15) is 11.5 Å². The van der Waals surface area contributed by atoms with E-state index in [9.17, 15) is 9.59 Å². The van der Waals surface area contributed by atoms with E-state index in [1.807, 2.05) is 6.92 Å².